The Balaban J connectivity index is 1.17. The average Bonchev–Trinajstić information content (AvgIpc) is 3.98. The highest BCUT2D eigenvalue weighted by Crippen LogP contribution is 2.47. The molecule has 0 radical (unpaired) electrons. The molecule has 0 bridgehead atoms. The number of benzene rings is 9. The van der Waals surface area contributed by atoms with E-state index in [1.54, 1.807) is 0 Å². The fraction of sp³-hybridized carbons (Fsp3) is 0. The van der Waals surface area contributed by atoms with Crippen LogP contribution in [0.2, 0.25) is 0 Å². The molecule has 0 spiro atoms. The molecule has 0 saturated heterocycles. The SMILES string of the molecule is c1ccc(-c2nc(-c3ccccc3)nc(-c3cc4c5ccccc5sc4c4c(-n5c6ccccc6c6cc7c8ccccc8n(-c8ccccc8)c7cc65)cccc34)n2)cc1. The summed E-state index contributed by atoms with van der Waals surface area (Å²) in [6, 6.07) is 71.4. The van der Waals surface area contributed by atoms with Gasteiger partial charge in [-0.2, -0.15) is 0 Å². The Hall–Kier alpha value is -7.93. The number of fused-ring (bicyclic) bond motifs is 11. The molecule has 13 aromatic rings. The lowest BCUT2D eigenvalue weighted by atomic mass is 9.98. The number of nitrogens with zero attached hydrogens (tertiary/aromatic N) is 5. The maximum atomic E-state index is 5.28. The summed E-state index contributed by atoms with van der Waals surface area (Å²) in [5.41, 5.74) is 9.78. The summed E-state index contributed by atoms with van der Waals surface area (Å²) < 4.78 is 7.38. The third-order valence-electron chi connectivity index (χ3n) is 12.1. The number of aromatic nitrogens is 5. The summed E-state index contributed by atoms with van der Waals surface area (Å²) in [7, 11) is 0. The van der Waals surface area contributed by atoms with Crippen molar-refractivity contribution in [2.75, 3.05) is 0 Å². The van der Waals surface area contributed by atoms with Gasteiger partial charge in [-0.25, -0.2) is 15.0 Å². The third-order valence-corrected chi connectivity index (χ3v) is 13.3. The van der Waals surface area contributed by atoms with E-state index in [4.69, 9.17) is 15.0 Å². The van der Waals surface area contributed by atoms with Crippen LogP contribution in [-0.2, 0) is 0 Å². The summed E-state index contributed by atoms with van der Waals surface area (Å²) in [5, 5.41) is 9.58. The second-order valence-corrected chi connectivity index (χ2v) is 16.6. The van der Waals surface area contributed by atoms with Gasteiger partial charge in [0.05, 0.1) is 27.8 Å². The number of rotatable bonds is 5. The Bertz CT molecular complexity index is 3810. The topological polar surface area (TPSA) is 48.5 Å². The van der Waals surface area contributed by atoms with Crippen molar-refractivity contribution in [2.45, 2.75) is 0 Å². The van der Waals surface area contributed by atoms with Gasteiger partial charge in [0, 0.05) is 69.5 Å². The normalized spacial score (nSPS) is 11.9. The highest BCUT2D eigenvalue weighted by Gasteiger charge is 2.23. The number of hydrogen-bond donors (Lipinski definition) is 0. The molecule has 6 heteroatoms. The third kappa shape index (κ3) is 5.16. The largest absolute Gasteiger partial charge is 0.309 e. The van der Waals surface area contributed by atoms with Gasteiger partial charge < -0.3 is 9.13 Å². The fourth-order valence-corrected chi connectivity index (χ4v) is 10.7. The monoisotopic (exact) mass is 795 g/mol. The van der Waals surface area contributed by atoms with Crippen LogP contribution < -0.4 is 0 Å². The molecule has 0 aliphatic carbocycles. The summed E-state index contributed by atoms with van der Waals surface area (Å²) in [5.74, 6) is 1.93. The first-order chi connectivity index (χ1) is 30.3. The zero-order valence-corrected chi connectivity index (χ0v) is 33.5. The van der Waals surface area contributed by atoms with Crippen LogP contribution in [0.1, 0.15) is 0 Å². The fourth-order valence-electron chi connectivity index (χ4n) is 9.47. The van der Waals surface area contributed by atoms with Crippen LogP contribution in [0.15, 0.2) is 200 Å². The van der Waals surface area contributed by atoms with E-state index in [2.05, 4.69) is 173 Å². The maximum absolute atomic E-state index is 5.28. The molecule has 0 N–H and O–H groups in total. The molecular weight excluding hydrogens is 763 g/mol. The zero-order valence-electron chi connectivity index (χ0n) is 32.7. The Morgan fingerprint density at radius 2 is 0.869 bits per heavy atom. The molecular formula is C55H33N5S. The standard InChI is InChI=1S/C55H33N5S/c1-4-17-34(18-5-1)53-56-54(35-19-6-2-7-20-35)58-55(57-53)44-32-43-39-25-12-15-30-50(39)61-52(43)51-40(44)26-16-29-47(51)60-46-28-14-11-24-38(46)42-31-41-37-23-10-13-27-45(37)59(48(41)33-49(42)60)36-21-8-3-9-22-36/h1-33H. The van der Waals surface area contributed by atoms with Crippen molar-refractivity contribution in [1.82, 2.24) is 24.1 Å². The Morgan fingerprint density at radius 1 is 0.344 bits per heavy atom. The lowest BCUT2D eigenvalue weighted by Gasteiger charge is -2.16. The quantitative estimate of drug-likeness (QED) is 0.174. The van der Waals surface area contributed by atoms with E-state index in [-0.39, 0.29) is 0 Å². The van der Waals surface area contributed by atoms with Crippen LogP contribution in [-0.4, -0.2) is 24.1 Å². The molecule has 4 aromatic heterocycles. The van der Waals surface area contributed by atoms with Gasteiger partial charge in [0.15, 0.2) is 17.5 Å². The van der Waals surface area contributed by atoms with Crippen molar-refractivity contribution in [3.8, 4) is 45.5 Å². The second-order valence-electron chi connectivity index (χ2n) is 15.6. The summed E-state index contributed by atoms with van der Waals surface area (Å²) in [4.78, 5) is 15.6. The van der Waals surface area contributed by atoms with Crippen molar-refractivity contribution < 1.29 is 0 Å². The molecule has 0 aliphatic rings. The van der Waals surface area contributed by atoms with Gasteiger partial charge >= 0.3 is 0 Å². The first-order valence-electron chi connectivity index (χ1n) is 20.5. The molecule has 9 aromatic carbocycles. The van der Waals surface area contributed by atoms with Gasteiger partial charge in [0.2, 0.25) is 0 Å². The predicted octanol–water partition coefficient (Wildman–Crippen LogP) is 14.6. The smallest absolute Gasteiger partial charge is 0.164 e. The molecule has 0 saturated carbocycles. The van der Waals surface area contributed by atoms with Crippen LogP contribution in [0.3, 0.4) is 0 Å². The molecule has 61 heavy (non-hydrogen) atoms. The molecule has 0 unspecified atom stereocenters. The number of hydrogen-bond acceptors (Lipinski definition) is 4. The number of thiophene rings is 1. The molecule has 0 atom stereocenters. The van der Waals surface area contributed by atoms with E-state index >= 15 is 0 Å². The Kier molecular flexibility index (Phi) is 7.41. The first-order valence-corrected chi connectivity index (χ1v) is 21.3. The van der Waals surface area contributed by atoms with Crippen molar-refractivity contribution in [2.24, 2.45) is 0 Å². The first kappa shape index (κ1) is 34.0. The highest BCUT2D eigenvalue weighted by molar-refractivity contribution is 7.26. The van der Waals surface area contributed by atoms with E-state index in [0.717, 1.165) is 44.5 Å². The van der Waals surface area contributed by atoms with Gasteiger partial charge in [-0.3, -0.25) is 0 Å². The van der Waals surface area contributed by atoms with Gasteiger partial charge in [-0.05, 0) is 60.0 Å². The van der Waals surface area contributed by atoms with E-state index in [9.17, 15) is 0 Å². The van der Waals surface area contributed by atoms with Crippen molar-refractivity contribution >= 4 is 85.9 Å². The minimum Gasteiger partial charge on any atom is -0.309 e. The van der Waals surface area contributed by atoms with Gasteiger partial charge in [-0.15, -0.1) is 11.3 Å². The van der Waals surface area contributed by atoms with Crippen molar-refractivity contribution in [3.05, 3.63) is 200 Å². The second kappa shape index (κ2) is 13.3. The molecule has 0 amide bonds. The summed E-state index contributed by atoms with van der Waals surface area (Å²) >= 11 is 1.85. The van der Waals surface area contributed by atoms with Gasteiger partial charge in [-0.1, -0.05) is 146 Å². The lowest BCUT2D eigenvalue weighted by Crippen LogP contribution is -2.01. The van der Waals surface area contributed by atoms with E-state index in [0.29, 0.717) is 17.5 Å². The van der Waals surface area contributed by atoms with Crippen molar-refractivity contribution in [3.63, 3.8) is 0 Å². The lowest BCUT2D eigenvalue weighted by molar-refractivity contribution is 1.08. The molecule has 0 fully saturated rings. The molecule has 13 rings (SSSR count). The summed E-state index contributed by atoms with van der Waals surface area (Å²) in [6.45, 7) is 0. The van der Waals surface area contributed by atoms with Crippen LogP contribution >= 0.6 is 11.3 Å². The molecule has 4 heterocycles. The Morgan fingerprint density at radius 3 is 1.54 bits per heavy atom. The minimum absolute atomic E-state index is 0.642. The summed E-state index contributed by atoms with van der Waals surface area (Å²) in [6.07, 6.45) is 0. The van der Waals surface area contributed by atoms with E-state index in [1.165, 1.54) is 58.1 Å². The van der Waals surface area contributed by atoms with Gasteiger partial charge in [0.25, 0.3) is 0 Å². The van der Waals surface area contributed by atoms with Crippen LogP contribution in [0.25, 0.3) is 120 Å². The highest BCUT2D eigenvalue weighted by atomic mass is 32.1. The predicted molar refractivity (Wildman–Crippen MR) is 255 cm³/mol. The average molecular weight is 796 g/mol. The molecule has 0 aliphatic heterocycles. The minimum atomic E-state index is 0.642. The zero-order chi connectivity index (χ0) is 40.0. The van der Waals surface area contributed by atoms with Crippen molar-refractivity contribution in [1.29, 1.82) is 0 Å². The maximum Gasteiger partial charge on any atom is 0.164 e. The van der Waals surface area contributed by atoms with E-state index < -0.39 is 0 Å². The molecule has 284 valence electrons. The molecule has 5 nitrogen and oxygen atoms in total. The van der Waals surface area contributed by atoms with Gasteiger partial charge in [0.1, 0.15) is 0 Å². The number of para-hydroxylation sites is 3. The van der Waals surface area contributed by atoms with Crippen LogP contribution in [0.4, 0.5) is 0 Å². The Labute approximate surface area is 354 Å². The van der Waals surface area contributed by atoms with Crippen LogP contribution in [0, 0.1) is 0 Å². The van der Waals surface area contributed by atoms with E-state index in [1.807, 2.05) is 47.7 Å². The van der Waals surface area contributed by atoms with Crippen LogP contribution in [0.5, 0.6) is 0 Å².